The third kappa shape index (κ3) is 6.43. The van der Waals surface area contributed by atoms with Crippen LogP contribution in [0, 0.1) is 11.5 Å². The maximum absolute atomic E-state index is 12.8. The van der Waals surface area contributed by atoms with Crippen LogP contribution in [0.2, 0.25) is 18.1 Å². The molecule has 0 radical (unpaired) electrons. The molecule has 0 fully saturated rings. The zero-order valence-electron chi connectivity index (χ0n) is 16.1. The number of carbonyl (C=O) groups excluding carboxylic acids is 2. The first-order valence-electron chi connectivity index (χ1n) is 8.42. The molecule has 0 spiro atoms. The Morgan fingerprint density at radius 2 is 1.81 bits per heavy atom. The summed E-state index contributed by atoms with van der Waals surface area (Å²) < 4.78 is 38.3. The van der Waals surface area contributed by atoms with Gasteiger partial charge in [0.05, 0.1) is 5.56 Å². The van der Waals surface area contributed by atoms with Crippen molar-refractivity contribution in [1.29, 1.82) is 0 Å². The highest BCUT2D eigenvalue weighted by Crippen LogP contribution is 2.35. The number of amides is 2. The van der Waals surface area contributed by atoms with E-state index in [4.69, 9.17) is 5.73 Å². The van der Waals surface area contributed by atoms with Crippen LogP contribution in [0.1, 0.15) is 43.1 Å². The largest absolute Gasteiger partial charge is 0.416 e. The number of nitrogens with two attached hydrogens (primary N) is 1. The van der Waals surface area contributed by atoms with E-state index in [1.165, 1.54) is 6.07 Å². The van der Waals surface area contributed by atoms with Crippen molar-refractivity contribution in [3.8, 4) is 11.5 Å². The summed E-state index contributed by atoms with van der Waals surface area (Å²) in [5, 5.41) is 2.40. The van der Waals surface area contributed by atoms with Gasteiger partial charge in [0.1, 0.15) is 14.1 Å². The minimum Gasteiger partial charge on any atom is -0.368 e. The molecule has 3 N–H and O–H groups in total. The second kappa shape index (κ2) is 8.17. The summed E-state index contributed by atoms with van der Waals surface area (Å²) in [5.41, 5.74) is 7.37. The lowest BCUT2D eigenvalue weighted by Gasteiger charge is -2.31. The molecule has 1 rings (SSSR count). The molecule has 0 heterocycles. The molecule has 1 aromatic rings. The van der Waals surface area contributed by atoms with Gasteiger partial charge in [-0.3, -0.25) is 9.59 Å². The highest BCUT2D eigenvalue weighted by Gasteiger charge is 2.34. The van der Waals surface area contributed by atoms with E-state index in [2.05, 4.69) is 50.6 Å². The van der Waals surface area contributed by atoms with Gasteiger partial charge in [0.15, 0.2) is 0 Å². The molecule has 148 valence electrons. The number of carbonyl (C=O) groups is 2. The number of halogens is 3. The first kappa shape index (κ1) is 22.8. The molecule has 8 heteroatoms. The number of primary amides is 1. The third-order valence-corrected chi connectivity index (χ3v) is 9.23. The standard InChI is InChI=1S/C19H25F3N2O2Si/c1-18(2,3)27(4,5)11-7-10-15(16(23)25)24-17(26)13-8-6-9-14(12-13)19(20,21)22/h6,8-9,12,15H,10H2,1-5H3,(H2,23,25)(H,24,26)/t15-/m1/s1. The fraction of sp³-hybridized carbons (Fsp3) is 0.474. The number of hydrogen-bond donors (Lipinski definition) is 2. The molecule has 0 saturated carbocycles. The van der Waals surface area contributed by atoms with E-state index < -0.39 is 37.7 Å². The highest BCUT2D eigenvalue weighted by atomic mass is 28.3. The quantitative estimate of drug-likeness (QED) is 0.599. The zero-order chi connectivity index (χ0) is 21.0. The van der Waals surface area contributed by atoms with Gasteiger partial charge in [0, 0.05) is 12.0 Å². The van der Waals surface area contributed by atoms with Crippen LogP contribution in [0.15, 0.2) is 24.3 Å². The maximum atomic E-state index is 12.8. The van der Waals surface area contributed by atoms with Crippen molar-refractivity contribution < 1.29 is 22.8 Å². The third-order valence-electron chi connectivity index (χ3n) is 4.68. The highest BCUT2D eigenvalue weighted by molar-refractivity contribution is 6.87. The van der Waals surface area contributed by atoms with Crippen LogP contribution >= 0.6 is 0 Å². The first-order valence-corrected chi connectivity index (χ1v) is 11.4. The van der Waals surface area contributed by atoms with Gasteiger partial charge in [-0.15, -0.1) is 11.5 Å². The lowest BCUT2D eigenvalue weighted by Crippen LogP contribution is -2.44. The van der Waals surface area contributed by atoms with Crippen molar-refractivity contribution in [2.45, 2.75) is 57.5 Å². The molecule has 2 amide bonds. The van der Waals surface area contributed by atoms with Gasteiger partial charge in [0.25, 0.3) is 5.91 Å². The van der Waals surface area contributed by atoms with Gasteiger partial charge in [-0.2, -0.15) is 13.2 Å². The van der Waals surface area contributed by atoms with Gasteiger partial charge in [0.2, 0.25) is 5.91 Å². The van der Waals surface area contributed by atoms with Crippen LogP contribution in [0.4, 0.5) is 13.2 Å². The molecule has 0 unspecified atom stereocenters. The van der Waals surface area contributed by atoms with E-state index in [0.29, 0.717) is 0 Å². The van der Waals surface area contributed by atoms with Crippen LogP contribution in [0.25, 0.3) is 0 Å². The van der Waals surface area contributed by atoms with E-state index in [9.17, 15) is 22.8 Å². The van der Waals surface area contributed by atoms with Crippen molar-refractivity contribution in [3.05, 3.63) is 35.4 Å². The fourth-order valence-electron chi connectivity index (χ4n) is 1.86. The average Bonchev–Trinajstić information content (AvgIpc) is 2.51. The van der Waals surface area contributed by atoms with E-state index in [0.717, 1.165) is 18.2 Å². The number of hydrogen-bond acceptors (Lipinski definition) is 2. The Hall–Kier alpha value is -2.27. The molecule has 1 aromatic carbocycles. The van der Waals surface area contributed by atoms with Gasteiger partial charge in [-0.05, 0) is 23.2 Å². The van der Waals surface area contributed by atoms with E-state index >= 15 is 0 Å². The summed E-state index contributed by atoms with van der Waals surface area (Å²) in [6.45, 7) is 10.5. The van der Waals surface area contributed by atoms with E-state index in [-0.39, 0.29) is 17.0 Å². The lowest BCUT2D eigenvalue weighted by atomic mass is 10.1. The molecule has 0 saturated heterocycles. The van der Waals surface area contributed by atoms with Gasteiger partial charge in [-0.1, -0.05) is 39.9 Å². The Morgan fingerprint density at radius 3 is 2.30 bits per heavy atom. The minimum absolute atomic E-state index is 0.00649. The predicted octanol–water partition coefficient (Wildman–Crippen LogP) is 3.73. The van der Waals surface area contributed by atoms with Crippen LogP contribution in [0.5, 0.6) is 0 Å². The Kier molecular flexibility index (Phi) is 6.89. The Balaban J connectivity index is 2.94. The summed E-state index contributed by atoms with van der Waals surface area (Å²) in [5.74, 6) is 1.32. The molecular weight excluding hydrogens is 373 g/mol. The second-order valence-corrected chi connectivity index (χ2v) is 12.9. The molecule has 4 nitrogen and oxygen atoms in total. The summed E-state index contributed by atoms with van der Waals surface area (Å²) in [4.78, 5) is 23.8. The molecule has 0 aliphatic heterocycles. The van der Waals surface area contributed by atoms with Gasteiger partial charge >= 0.3 is 6.18 Å². The Morgan fingerprint density at radius 1 is 1.22 bits per heavy atom. The summed E-state index contributed by atoms with van der Waals surface area (Å²) in [7, 11) is -1.89. The van der Waals surface area contributed by atoms with Crippen LogP contribution in [-0.4, -0.2) is 25.9 Å². The van der Waals surface area contributed by atoms with Crippen molar-refractivity contribution in [1.82, 2.24) is 5.32 Å². The van der Waals surface area contributed by atoms with Crippen LogP contribution in [-0.2, 0) is 11.0 Å². The van der Waals surface area contributed by atoms with Crippen LogP contribution in [0.3, 0.4) is 0 Å². The average molecular weight is 399 g/mol. The molecule has 0 aliphatic rings. The predicted molar refractivity (Wildman–Crippen MR) is 101 cm³/mol. The summed E-state index contributed by atoms with van der Waals surface area (Å²) in [6.07, 6.45) is -4.55. The first-order chi connectivity index (χ1) is 12.1. The number of alkyl halides is 3. The monoisotopic (exact) mass is 398 g/mol. The normalized spacial score (nSPS) is 13.3. The van der Waals surface area contributed by atoms with Gasteiger partial charge in [-0.25, -0.2) is 0 Å². The molecule has 0 bridgehead atoms. The lowest BCUT2D eigenvalue weighted by molar-refractivity contribution is -0.137. The molecular formula is C19H25F3N2O2Si. The second-order valence-electron chi connectivity index (χ2n) is 7.89. The number of benzene rings is 1. The Bertz CT molecular complexity index is 772. The van der Waals surface area contributed by atoms with Crippen molar-refractivity contribution >= 4 is 19.9 Å². The number of rotatable bonds is 4. The van der Waals surface area contributed by atoms with E-state index in [1.807, 2.05) is 0 Å². The molecule has 0 aliphatic carbocycles. The van der Waals surface area contributed by atoms with Crippen molar-refractivity contribution in [3.63, 3.8) is 0 Å². The van der Waals surface area contributed by atoms with E-state index in [1.54, 1.807) is 0 Å². The molecule has 1 atom stereocenters. The van der Waals surface area contributed by atoms with Crippen molar-refractivity contribution in [2.75, 3.05) is 0 Å². The summed E-state index contributed by atoms with van der Waals surface area (Å²) >= 11 is 0. The van der Waals surface area contributed by atoms with Crippen LogP contribution < -0.4 is 11.1 Å². The number of nitrogens with one attached hydrogen (secondary N) is 1. The minimum atomic E-state index is -4.56. The zero-order valence-corrected chi connectivity index (χ0v) is 17.1. The summed E-state index contributed by atoms with van der Waals surface area (Å²) in [6, 6.07) is 2.89. The topological polar surface area (TPSA) is 72.2 Å². The Labute approximate surface area is 158 Å². The smallest absolute Gasteiger partial charge is 0.368 e. The molecule has 0 aromatic heterocycles. The van der Waals surface area contributed by atoms with Gasteiger partial charge < -0.3 is 11.1 Å². The molecule has 27 heavy (non-hydrogen) atoms. The fourth-order valence-corrected chi connectivity index (χ4v) is 2.78. The van der Waals surface area contributed by atoms with Crippen molar-refractivity contribution in [2.24, 2.45) is 5.73 Å². The SMILES string of the molecule is CC(C)(C)[Si](C)(C)C#CC[C@@H](NC(=O)c1cccc(C(F)(F)F)c1)C(N)=O. The maximum Gasteiger partial charge on any atom is 0.416 e.